The summed E-state index contributed by atoms with van der Waals surface area (Å²) in [4.78, 5) is 6.92. The van der Waals surface area contributed by atoms with Crippen molar-refractivity contribution in [2.75, 3.05) is 26.7 Å². The normalized spacial score (nSPS) is 17.9. The molecule has 0 bridgehead atoms. The maximum atomic E-state index is 4.51. The third-order valence-electron chi connectivity index (χ3n) is 5.80. The highest BCUT2D eigenvalue weighted by Gasteiger charge is 2.16. The standard InChI is InChI=1S/C24H38N6/c1-19-7-5-13-29(17-19)18-23-10-8-22(9-11-23)16-27-24(25-4)26-12-6-14-30-21(3)15-20(2)28-30/h8-11,15,19H,5-7,12-14,16-18H2,1-4H3,(H2,25,26,27). The Morgan fingerprint density at radius 3 is 2.60 bits per heavy atom. The smallest absolute Gasteiger partial charge is 0.191 e. The number of nitrogens with zero attached hydrogens (tertiary/aromatic N) is 4. The highest BCUT2D eigenvalue weighted by Crippen LogP contribution is 2.18. The summed E-state index contributed by atoms with van der Waals surface area (Å²) in [6.45, 7) is 12.6. The molecule has 1 aromatic carbocycles. The molecule has 1 saturated heterocycles. The molecule has 6 nitrogen and oxygen atoms in total. The summed E-state index contributed by atoms with van der Waals surface area (Å²) in [5, 5.41) is 11.3. The minimum absolute atomic E-state index is 0.776. The van der Waals surface area contributed by atoms with Crippen LogP contribution >= 0.6 is 0 Å². The molecule has 0 radical (unpaired) electrons. The second kappa shape index (κ2) is 11.2. The van der Waals surface area contributed by atoms with Crippen molar-refractivity contribution in [2.45, 2.75) is 59.7 Å². The Labute approximate surface area is 181 Å². The van der Waals surface area contributed by atoms with E-state index in [-0.39, 0.29) is 0 Å². The number of hydrogen-bond donors (Lipinski definition) is 2. The molecular weight excluding hydrogens is 372 g/mol. The summed E-state index contributed by atoms with van der Waals surface area (Å²) >= 11 is 0. The van der Waals surface area contributed by atoms with Crippen molar-refractivity contribution >= 4 is 5.96 Å². The van der Waals surface area contributed by atoms with E-state index in [1.165, 1.54) is 42.8 Å². The molecule has 2 aromatic rings. The zero-order chi connectivity index (χ0) is 21.3. The second-order valence-corrected chi connectivity index (χ2v) is 8.66. The number of rotatable bonds is 8. The van der Waals surface area contributed by atoms with E-state index >= 15 is 0 Å². The lowest BCUT2D eigenvalue weighted by atomic mass is 9.99. The quantitative estimate of drug-likeness (QED) is 0.397. The molecule has 0 amide bonds. The number of aliphatic imine (C=N–C) groups is 1. The monoisotopic (exact) mass is 410 g/mol. The number of hydrogen-bond acceptors (Lipinski definition) is 3. The number of likely N-dealkylation sites (tertiary alicyclic amines) is 1. The first-order valence-electron chi connectivity index (χ1n) is 11.3. The molecule has 1 unspecified atom stereocenters. The van der Waals surface area contributed by atoms with Gasteiger partial charge in [-0.2, -0.15) is 5.10 Å². The van der Waals surface area contributed by atoms with Gasteiger partial charge in [0.2, 0.25) is 0 Å². The summed E-state index contributed by atoms with van der Waals surface area (Å²) in [5.74, 6) is 1.67. The zero-order valence-corrected chi connectivity index (χ0v) is 19.1. The molecule has 30 heavy (non-hydrogen) atoms. The number of aryl methyl sites for hydroxylation is 3. The Morgan fingerprint density at radius 2 is 1.93 bits per heavy atom. The first-order chi connectivity index (χ1) is 14.5. The van der Waals surface area contributed by atoms with Gasteiger partial charge in [-0.15, -0.1) is 0 Å². The van der Waals surface area contributed by atoms with Gasteiger partial charge in [0.1, 0.15) is 0 Å². The van der Waals surface area contributed by atoms with Crippen molar-refractivity contribution < 1.29 is 0 Å². The van der Waals surface area contributed by atoms with E-state index in [4.69, 9.17) is 0 Å². The lowest BCUT2D eigenvalue weighted by Gasteiger charge is -2.30. The molecule has 0 aliphatic carbocycles. The Morgan fingerprint density at radius 1 is 1.17 bits per heavy atom. The third kappa shape index (κ3) is 6.87. The summed E-state index contributed by atoms with van der Waals surface area (Å²) < 4.78 is 2.07. The number of piperidine rings is 1. The topological polar surface area (TPSA) is 57.5 Å². The molecule has 2 heterocycles. The average molecular weight is 411 g/mol. The Hall–Kier alpha value is -2.34. The molecular formula is C24H38N6. The van der Waals surface area contributed by atoms with Gasteiger partial charge >= 0.3 is 0 Å². The summed E-state index contributed by atoms with van der Waals surface area (Å²) in [6, 6.07) is 11.1. The fraction of sp³-hybridized carbons (Fsp3) is 0.583. The first kappa shape index (κ1) is 22.3. The molecule has 164 valence electrons. The fourth-order valence-electron chi connectivity index (χ4n) is 4.19. The van der Waals surface area contributed by atoms with Crippen molar-refractivity contribution in [2.24, 2.45) is 10.9 Å². The van der Waals surface area contributed by atoms with E-state index in [0.29, 0.717) is 0 Å². The summed E-state index contributed by atoms with van der Waals surface area (Å²) in [7, 11) is 1.82. The highest BCUT2D eigenvalue weighted by molar-refractivity contribution is 5.79. The molecule has 0 spiro atoms. The molecule has 1 aliphatic heterocycles. The maximum absolute atomic E-state index is 4.51. The van der Waals surface area contributed by atoms with Crippen LogP contribution in [0, 0.1) is 19.8 Å². The average Bonchev–Trinajstić information content (AvgIpc) is 3.05. The van der Waals surface area contributed by atoms with Crippen LogP contribution in [-0.2, 0) is 19.6 Å². The van der Waals surface area contributed by atoms with Crippen LogP contribution in [0.2, 0.25) is 0 Å². The molecule has 2 N–H and O–H groups in total. The summed E-state index contributed by atoms with van der Waals surface area (Å²) in [6.07, 6.45) is 3.71. The van der Waals surface area contributed by atoms with Crippen molar-refractivity contribution in [3.05, 3.63) is 52.8 Å². The fourth-order valence-corrected chi connectivity index (χ4v) is 4.19. The Balaban J connectivity index is 1.37. The van der Waals surface area contributed by atoms with E-state index in [1.54, 1.807) is 0 Å². The minimum Gasteiger partial charge on any atom is -0.356 e. The van der Waals surface area contributed by atoms with Gasteiger partial charge in [-0.3, -0.25) is 14.6 Å². The van der Waals surface area contributed by atoms with Gasteiger partial charge in [-0.1, -0.05) is 31.2 Å². The number of guanidine groups is 1. The van der Waals surface area contributed by atoms with Gasteiger partial charge in [-0.25, -0.2) is 0 Å². The van der Waals surface area contributed by atoms with E-state index in [2.05, 4.69) is 74.5 Å². The predicted molar refractivity (Wildman–Crippen MR) is 125 cm³/mol. The van der Waals surface area contributed by atoms with Crippen molar-refractivity contribution in [1.82, 2.24) is 25.3 Å². The summed E-state index contributed by atoms with van der Waals surface area (Å²) in [5.41, 5.74) is 4.97. The van der Waals surface area contributed by atoms with Gasteiger partial charge in [0.25, 0.3) is 0 Å². The molecule has 1 fully saturated rings. The molecule has 1 atom stereocenters. The molecule has 1 aromatic heterocycles. The first-order valence-corrected chi connectivity index (χ1v) is 11.3. The largest absolute Gasteiger partial charge is 0.356 e. The number of nitrogens with one attached hydrogen (secondary N) is 2. The predicted octanol–water partition coefficient (Wildman–Crippen LogP) is 3.49. The van der Waals surface area contributed by atoms with Crippen molar-refractivity contribution in [3.63, 3.8) is 0 Å². The van der Waals surface area contributed by atoms with E-state index in [1.807, 2.05) is 14.0 Å². The van der Waals surface area contributed by atoms with Crippen LogP contribution in [0.1, 0.15) is 48.7 Å². The van der Waals surface area contributed by atoms with Crippen LogP contribution in [0.25, 0.3) is 0 Å². The molecule has 0 saturated carbocycles. The van der Waals surface area contributed by atoms with Crippen molar-refractivity contribution in [1.29, 1.82) is 0 Å². The maximum Gasteiger partial charge on any atom is 0.191 e. The molecule has 6 heteroatoms. The molecule has 1 aliphatic rings. The van der Waals surface area contributed by atoms with Gasteiger partial charge < -0.3 is 10.6 Å². The minimum atomic E-state index is 0.776. The van der Waals surface area contributed by atoms with Gasteiger partial charge in [0.15, 0.2) is 5.96 Å². The van der Waals surface area contributed by atoms with Crippen LogP contribution < -0.4 is 10.6 Å². The van der Waals surface area contributed by atoms with Crippen LogP contribution in [0.5, 0.6) is 0 Å². The van der Waals surface area contributed by atoms with Gasteiger partial charge in [0, 0.05) is 45.5 Å². The van der Waals surface area contributed by atoms with Crippen LogP contribution in [0.4, 0.5) is 0 Å². The van der Waals surface area contributed by atoms with E-state index < -0.39 is 0 Å². The zero-order valence-electron chi connectivity index (χ0n) is 19.1. The van der Waals surface area contributed by atoms with Crippen molar-refractivity contribution in [3.8, 4) is 0 Å². The van der Waals surface area contributed by atoms with Crippen LogP contribution in [0.3, 0.4) is 0 Å². The van der Waals surface area contributed by atoms with E-state index in [9.17, 15) is 0 Å². The second-order valence-electron chi connectivity index (χ2n) is 8.66. The number of aromatic nitrogens is 2. The lowest BCUT2D eigenvalue weighted by Crippen LogP contribution is -2.37. The Bertz CT molecular complexity index is 808. The van der Waals surface area contributed by atoms with Crippen LogP contribution in [0.15, 0.2) is 35.3 Å². The van der Waals surface area contributed by atoms with Gasteiger partial charge in [0.05, 0.1) is 5.69 Å². The molecule has 3 rings (SSSR count). The lowest BCUT2D eigenvalue weighted by molar-refractivity contribution is 0.176. The number of benzene rings is 1. The van der Waals surface area contributed by atoms with E-state index in [0.717, 1.165) is 50.2 Å². The van der Waals surface area contributed by atoms with Gasteiger partial charge in [-0.05, 0) is 62.8 Å². The third-order valence-corrected chi connectivity index (χ3v) is 5.80. The highest BCUT2D eigenvalue weighted by atomic mass is 15.3. The Kier molecular flexibility index (Phi) is 8.31. The van der Waals surface area contributed by atoms with Crippen LogP contribution in [-0.4, -0.2) is 47.3 Å². The SMILES string of the molecule is CN=C(NCCCn1nc(C)cc1C)NCc1ccc(CN2CCCC(C)C2)cc1.